The van der Waals surface area contributed by atoms with Crippen LogP contribution in [0.25, 0.3) is 44.5 Å². The molecule has 5 nitrogen and oxygen atoms in total. The van der Waals surface area contributed by atoms with Crippen LogP contribution in [0.15, 0.2) is 83.1 Å². The number of ketones is 1. The zero-order valence-corrected chi connectivity index (χ0v) is 30.7. The average molecular weight is 799 g/mol. The van der Waals surface area contributed by atoms with Crippen LogP contribution in [0.1, 0.15) is 90.5 Å². The number of allylic oxidation sites excluding steroid dienone is 2. The molecule has 5 rings (SSSR count). The second-order valence-electron chi connectivity index (χ2n) is 13.8. The summed E-state index contributed by atoms with van der Waals surface area (Å²) in [5.74, 6) is 0.195. The number of pyridine rings is 2. The number of hydrogen-bond donors (Lipinski definition) is 1. The van der Waals surface area contributed by atoms with Gasteiger partial charge in [0.15, 0.2) is 5.78 Å². The maximum absolute atomic E-state index is 11.8. The molecule has 0 bridgehead atoms. The molecule has 0 saturated heterocycles. The molecule has 0 aliphatic carbocycles. The number of carbonyl (C=O) groups is 1. The Morgan fingerprint density at radius 3 is 2.30 bits per heavy atom. The van der Waals surface area contributed by atoms with Gasteiger partial charge in [-0.25, -0.2) is 4.98 Å². The maximum atomic E-state index is 11.8. The smallest absolute Gasteiger partial charge is 0.216 e. The molecule has 245 valence electrons. The standard InChI is InChI=1S/C27H23N2O.C13H24O2.Ir/c1-17-12-13-21-20-9-7-10-22(25(20)30-26(21)29-17)24-16-18(14-15-28-24)19-8-5-6-11-23(19)27(2,3)4;1-7-12(3,4)10(14)9-11(15)13(5,6)8-2;/h5-9,11-16H,1-4H3;9,14H,7-8H2,1-6H3;/q-1;;/b;10-9-;/i1D3;;. The molecule has 0 fully saturated rings. The minimum absolute atomic E-state index is 0. The van der Waals surface area contributed by atoms with Crippen molar-refractivity contribution in [1.82, 2.24) is 9.97 Å². The van der Waals surface area contributed by atoms with E-state index in [1.54, 1.807) is 12.3 Å². The van der Waals surface area contributed by atoms with E-state index in [9.17, 15) is 9.90 Å². The molecule has 5 aromatic rings. The van der Waals surface area contributed by atoms with Gasteiger partial charge < -0.3 is 14.5 Å². The molecule has 0 unspecified atom stereocenters. The van der Waals surface area contributed by atoms with Crippen molar-refractivity contribution in [3.8, 4) is 22.4 Å². The van der Waals surface area contributed by atoms with E-state index in [1.807, 2.05) is 71.9 Å². The van der Waals surface area contributed by atoms with Crippen LogP contribution in [0, 0.1) is 23.7 Å². The van der Waals surface area contributed by atoms with Gasteiger partial charge in [0.05, 0.1) is 5.58 Å². The molecule has 46 heavy (non-hydrogen) atoms. The first-order chi connectivity index (χ1) is 22.3. The van der Waals surface area contributed by atoms with Crippen molar-refractivity contribution in [3.63, 3.8) is 0 Å². The zero-order chi connectivity index (χ0) is 35.7. The maximum Gasteiger partial charge on any atom is 0.216 e. The predicted molar refractivity (Wildman–Crippen MR) is 186 cm³/mol. The molecule has 3 heterocycles. The van der Waals surface area contributed by atoms with E-state index in [0.717, 1.165) is 46.0 Å². The van der Waals surface area contributed by atoms with Gasteiger partial charge in [-0.1, -0.05) is 104 Å². The number of aryl methyl sites for hydroxylation is 1. The fourth-order valence-corrected chi connectivity index (χ4v) is 4.81. The molecule has 0 aliphatic rings. The van der Waals surface area contributed by atoms with Gasteiger partial charge in [-0.05, 0) is 65.7 Å². The summed E-state index contributed by atoms with van der Waals surface area (Å²) in [5, 5.41) is 11.5. The summed E-state index contributed by atoms with van der Waals surface area (Å²) in [6, 6.07) is 22.7. The minimum atomic E-state index is -2.29. The van der Waals surface area contributed by atoms with Crippen molar-refractivity contribution in [3.05, 3.63) is 96.0 Å². The van der Waals surface area contributed by atoms with Crippen molar-refractivity contribution in [1.29, 1.82) is 0 Å². The number of aliphatic hydroxyl groups is 1. The first-order valence-corrected chi connectivity index (χ1v) is 15.6. The van der Waals surface area contributed by atoms with Gasteiger partial charge in [-0.3, -0.25) is 4.79 Å². The van der Waals surface area contributed by atoms with Gasteiger partial charge >= 0.3 is 0 Å². The van der Waals surface area contributed by atoms with Gasteiger partial charge in [0.2, 0.25) is 5.71 Å². The molecular weight excluding hydrogens is 749 g/mol. The van der Waals surface area contributed by atoms with Crippen LogP contribution in [0.2, 0.25) is 0 Å². The second kappa shape index (κ2) is 14.4. The van der Waals surface area contributed by atoms with Crippen LogP contribution >= 0.6 is 0 Å². The summed E-state index contributed by atoms with van der Waals surface area (Å²) in [7, 11) is 0. The Balaban J connectivity index is 0.000000347. The van der Waals surface area contributed by atoms with Crippen molar-refractivity contribution >= 4 is 27.9 Å². The Hall–Kier alpha value is -3.60. The van der Waals surface area contributed by atoms with Crippen molar-refractivity contribution in [2.75, 3.05) is 0 Å². The summed E-state index contributed by atoms with van der Waals surface area (Å²) in [4.78, 5) is 20.7. The molecule has 0 saturated carbocycles. The third-order valence-corrected chi connectivity index (χ3v) is 8.76. The van der Waals surface area contributed by atoms with E-state index in [4.69, 9.17) is 8.53 Å². The average Bonchev–Trinajstić information content (AvgIpc) is 3.42. The monoisotopic (exact) mass is 799 g/mol. The van der Waals surface area contributed by atoms with Crippen LogP contribution in [0.4, 0.5) is 0 Å². The van der Waals surface area contributed by atoms with Gasteiger partial charge in [-0.2, -0.15) is 0 Å². The number of aromatic nitrogens is 2. The third kappa shape index (κ3) is 8.03. The van der Waals surface area contributed by atoms with E-state index < -0.39 is 6.85 Å². The van der Waals surface area contributed by atoms with Gasteiger partial charge in [-0.15, -0.1) is 18.2 Å². The van der Waals surface area contributed by atoms with E-state index in [-0.39, 0.29) is 53.6 Å². The molecule has 2 aromatic carbocycles. The fourth-order valence-electron chi connectivity index (χ4n) is 4.81. The summed E-state index contributed by atoms with van der Waals surface area (Å²) in [5.41, 5.74) is 5.16. The third-order valence-electron chi connectivity index (χ3n) is 8.76. The van der Waals surface area contributed by atoms with Gasteiger partial charge in [0.1, 0.15) is 5.76 Å². The topological polar surface area (TPSA) is 76.2 Å². The quantitative estimate of drug-likeness (QED) is 0.101. The molecule has 1 N–H and O–H groups in total. The minimum Gasteiger partial charge on any atom is -0.512 e. The molecule has 0 spiro atoms. The Labute approximate surface area is 292 Å². The van der Waals surface area contributed by atoms with Crippen LogP contribution in [0.5, 0.6) is 0 Å². The summed E-state index contributed by atoms with van der Waals surface area (Å²) < 4.78 is 29.0. The molecule has 1 radical (unpaired) electrons. The van der Waals surface area contributed by atoms with Crippen LogP contribution < -0.4 is 0 Å². The molecule has 0 atom stereocenters. The number of benzene rings is 2. The van der Waals surface area contributed by atoms with Crippen LogP contribution in [-0.4, -0.2) is 20.9 Å². The molecule has 3 aromatic heterocycles. The number of furan rings is 1. The van der Waals surface area contributed by atoms with E-state index in [2.05, 4.69) is 55.0 Å². The Kier molecular flexibility index (Phi) is 10.2. The first kappa shape index (κ1) is 32.3. The van der Waals surface area contributed by atoms with Gasteiger partial charge in [0, 0.05) is 58.4 Å². The molecule has 0 amide bonds. The largest absolute Gasteiger partial charge is 0.512 e. The van der Waals surface area contributed by atoms with E-state index in [1.165, 1.54) is 17.7 Å². The number of fused-ring (bicyclic) bond motifs is 3. The Bertz CT molecular complexity index is 1970. The van der Waals surface area contributed by atoms with E-state index in [0.29, 0.717) is 11.3 Å². The summed E-state index contributed by atoms with van der Waals surface area (Å²) >= 11 is 0. The number of hydrogen-bond acceptors (Lipinski definition) is 5. The van der Waals surface area contributed by atoms with Crippen LogP contribution in [0.3, 0.4) is 0 Å². The zero-order valence-electron chi connectivity index (χ0n) is 31.3. The van der Waals surface area contributed by atoms with Crippen molar-refractivity contribution in [2.45, 2.75) is 87.4 Å². The van der Waals surface area contributed by atoms with E-state index >= 15 is 0 Å². The second-order valence-corrected chi connectivity index (χ2v) is 13.8. The van der Waals surface area contributed by atoms with Crippen molar-refractivity contribution in [2.24, 2.45) is 10.8 Å². The Morgan fingerprint density at radius 1 is 0.957 bits per heavy atom. The Morgan fingerprint density at radius 2 is 1.65 bits per heavy atom. The molecule has 0 aliphatic heterocycles. The summed E-state index contributed by atoms with van der Waals surface area (Å²) in [6.07, 6.45) is 4.79. The van der Waals surface area contributed by atoms with Crippen LogP contribution in [-0.2, 0) is 30.3 Å². The number of rotatable bonds is 7. The van der Waals surface area contributed by atoms with Crippen molar-refractivity contribution < 1.29 is 38.5 Å². The summed E-state index contributed by atoms with van der Waals surface area (Å²) in [6.45, 7) is 16.0. The number of carbonyl (C=O) groups excluding carboxylic acids is 1. The molecule has 6 heteroatoms. The first-order valence-electron chi connectivity index (χ1n) is 17.1. The number of aliphatic hydroxyl groups excluding tert-OH is 1. The normalized spacial score (nSPS) is 13.7. The SMILES string of the molecule is CCC(C)(C)C(=O)/C=C(\O)C(C)(C)CC.[2H]C([2H])([2H])c1ccc2c(n1)oc1c(-c3cc(-c4ccccc4C(C)(C)C)ccn3)[c-]ccc12.[Ir]. The number of nitrogens with zero attached hydrogens (tertiary/aromatic N) is 2. The molecular formula is C40H47IrN2O3-. The predicted octanol–water partition coefficient (Wildman–Crippen LogP) is 11.0. The fraction of sp³-hybridized carbons (Fsp3) is 0.375. The van der Waals surface area contributed by atoms with Gasteiger partial charge in [0.25, 0.3) is 0 Å².